The maximum absolute atomic E-state index is 4.90. The van der Waals surface area contributed by atoms with Gasteiger partial charge in [-0.2, -0.15) is 0 Å². The van der Waals surface area contributed by atoms with Crippen LogP contribution in [0.15, 0.2) is 85.2 Å². The van der Waals surface area contributed by atoms with Gasteiger partial charge in [-0.15, -0.1) is 35.0 Å². The normalized spacial score (nSPS) is 11.6. The van der Waals surface area contributed by atoms with Gasteiger partial charge in [0.25, 0.3) is 0 Å². The Balaban J connectivity index is 0.00000241. The molecule has 0 aliphatic rings. The summed E-state index contributed by atoms with van der Waals surface area (Å²) in [6.45, 7) is 4.15. The van der Waals surface area contributed by atoms with Crippen molar-refractivity contribution in [3.63, 3.8) is 0 Å². The average Bonchev–Trinajstić information content (AvgIpc) is 3.49. The molecule has 0 fully saturated rings. The van der Waals surface area contributed by atoms with Crippen LogP contribution in [0.1, 0.15) is 25.4 Å². The zero-order valence-corrected chi connectivity index (χ0v) is 20.1. The molecule has 0 amide bonds. The Morgan fingerprint density at radius 2 is 1.32 bits per heavy atom. The van der Waals surface area contributed by atoms with E-state index < -0.39 is 5.41 Å². The quantitative estimate of drug-likeness (QED) is 0.234. The molecule has 4 heterocycles. The number of nitrogens with zero attached hydrogens (tertiary/aromatic N) is 6. The van der Waals surface area contributed by atoms with Crippen LogP contribution in [0.25, 0.3) is 33.6 Å². The maximum Gasteiger partial charge on any atom is 2.00 e. The van der Waals surface area contributed by atoms with Crippen molar-refractivity contribution in [3.05, 3.63) is 109 Å². The summed E-state index contributed by atoms with van der Waals surface area (Å²) in [5.41, 5.74) is 2.36. The van der Waals surface area contributed by atoms with Gasteiger partial charge in [-0.25, -0.2) is 4.98 Å². The molecular formula is C27H20N6Pd. The molecule has 6 nitrogen and oxygen atoms in total. The SMILES string of the molecule is CC(C)(c1ccnc(-n2[c-]cc3ccccc32)n1)c1nccc(-n2[c-]cc3ccccc32)n1.[Pd+2]. The van der Waals surface area contributed by atoms with Crippen LogP contribution in [0.2, 0.25) is 0 Å². The molecule has 0 bridgehead atoms. The predicted molar refractivity (Wildman–Crippen MR) is 128 cm³/mol. The summed E-state index contributed by atoms with van der Waals surface area (Å²) in [7, 11) is 0. The molecular weight excluding hydrogens is 515 g/mol. The molecule has 0 saturated carbocycles. The van der Waals surface area contributed by atoms with Crippen LogP contribution < -0.4 is 0 Å². The van der Waals surface area contributed by atoms with Gasteiger partial charge < -0.3 is 9.13 Å². The topological polar surface area (TPSA) is 61.4 Å². The van der Waals surface area contributed by atoms with Crippen molar-refractivity contribution in [1.29, 1.82) is 0 Å². The summed E-state index contributed by atoms with van der Waals surface area (Å²) >= 11 is 0. The van der Waals surface area contributed by atoms with Crippen LogP contribution in [0, 0.1) is 12.4 Å². The summed E-state index contributed by atoms with van der Waals surface area (Å²) in [5.74, 6) is 2.02. The average molecular weight is 535 g/mol. The fraction of sp³-hybridized carbons (Fsp3) is 0.111. The number of hydrogen-bond donors (Lipinski definition) is 0. The summed E-state index contributed by atoms with van der Waals surface area (Å²) in [6.07, 6.45) is 10.1. The summed E-state index contributed by atoms with van der Waals surface area (Å²) in [6, 6.07) is 24.0. The minimum absolute atomic E-state index is 0. The van der Waals surface area contributed by atoms with E-state index >= 15 is 0 Å². The van der Waals surface area contributed by atoms with Crippen molar-refractivity contribution >= 4 is 21.8 Å². The fourth-order valence-electron chi connectivity index (χ4n) is 4.08. The van der Waals surface area contributed by atoms with E-state index in [1.54, 1.807) is 12.4 Å². The van der Waals surface area contributed by atoms with Gasteiger partial charge in [-0.1, -0.05) is 59.8 Å². The summed E-state index contributed by atoms with van der Waals surface area (Å²) in [4.78, 5) is 18.9. The van der Waals surface area contributed by atoms with Gasteiger partial charge in [-0.05, 0) is 26.0 Å². The molecule has 0 atom stereocenters. The first-order valence-electron chi connectivity index (χ1n) is 10.8. The third-order valence-electron chi connectivity index (χ3n) is 5.97. The van der Waals surface area contributed by atoms with Crippen molar-refractivity contribution in [3.8, 4) is 11.8 Å². The second kappa shape index (κ2) is 8.60. The number of para-hydroxylation sites is 2. The van der Waals surface area contributed by atoms with Crippen LogP contribution in [0.5, 0.6) is 0 Å². The van der Waals surface area contributed by atoms with Crippen LogP contribution in [0.3, 0.4) is 0 Å². The van der Waals surface area contributed by atoms with E-state index in [-0.39, 0.29) is 20.4 Å². The van der Waals surface area contributed by atoms with Gasteiger partial charge in [0.15, 0.2) is 0 Å². The zero-order chi connectivity index (χ0) is 22.4. The zero-order valence-electron chi connectivity index (χ0n) is 18.6. The van der Waals surface area contributed by atoms with Crippen LogP contribution >= 0.6 is 0 Å². The molecule has 0 aliphatic heterocycles. The minimum atomic E-state index is -0.542. The molecule has 0 unspecified atom stereocenters. The molecule has 2 aromatic carbocycles. The van der Waals surface area contributed by atoms with Gasteiger partial charge in [0.1, 0.15) is 11.8 Å². The van der Waals surface area contributed by atoms with Crippen molar-refractivity contribution in [2.24, 2.45) is 0 Å². The molecule has 4 aromatic heterocycles. The summed E-state index contributed by atoms with van der Waals surface area (Å²) < 4.78 is 3.84. The van der Waals surface area contributed by atoms with Gasteiger partial charge in [-0.3, -0.25) is 15.0 Å². The van der Waals surface area contributed by atoms with Crippen molar-refractivity contribution in [2.75, 3.05) is 0 Å². The fourth-order valence-corrected chi connectivity index (χ4v) is 4.08. The Kier molecular flexibility index (Phi) is 5.60. The monoisotopic (exact) mass is 534 g/mol. The number of rotatable bonds is 4. The van der Waals surface area contributed by atoms with Crippen molar-refractivity contribution in [1.82, 2.24) is 29.1 Å². The molecule has 0 N–H and O–H groups in total. The Labute approximate surface area is 211 Å². The molecule has 0 spiro atoms. The first-order valence-corrected chi connectivity index (χ1v) is 10.8. The molecule has 7 heteroatoms. The molecule has 0 saturated heterocycles. The maximum atomic E-state index is 4.90. The van der Waals surface area contributed by atoms with Gasteiger partial charge in [0.2, 0.25) is 0 Å². The van der Waals surface area contributed by atoms with E-state index in [9.17, 15) is 0 Å². The number of benzene rings is 2. The predicted octanol–water partition coefficient (Wildman–Crippen LogP) is 5.08. The van der Waals surface area contributed by atoms with Crippen molar-refractivity contribution < 1.29 is 20.4 Å². The van der Waals surface area contributed by atoms with Gasteiger partial charge >= 0.3 is 20.4 Å². The Hall–Kier alpha value is -3.66. The Morgan fingerprint density at radius 1 is 0.706 bits per heavy atom. The van der Waals surface area contributed by atoms with Crippen LogP contribution in [-0.2, 0) is 25.8 Å². The second-order valence-corrected chi connectivity index (χ2v) is 8.44. The first kappa shape index (κ1) is 22.2. The molecule has 34 heavy (non-hydrogen) atoms. The number of aromatic nitrogens is 6. The van der Waals surface area contributed by atoms with E-state index in [2.05, 4.69) is 54.4 Å². The molecule has 6 aromatic rings. The molecule has 0 aliphatic carbocycles. The van der Waals surface area contributed by atoms with Crippen molar-refractivity contribution in [2.45, 2.75) is 19.3 Å². The smallest absolute Gasteiger partial charge is 0.429 e. The van der Waals surface area contributed by atoms with E-state index in [1.807, 2.05) is 63.7 Å². The minimum Gasteiger partial charge on any atom is -0.429 e. The second-order valence-electron chi connectivity index (χ2n) is 8.44. The summed E-state index contributed by atoms with van der Waals surface area (Å²) in [5, 5.41) is 2.21. The first-order chi connectivity index (χ1) is 16.1. The van der Waals surface area contributed by atoms with E-state index in [0.717, 1.165) is 33.3 Å². The molecule has 6 rings (SSSR count). The van der Waals surface area contributed by atoms with Gasteiger partial charge in [0.05, 0.1) is 11.2 Å². The third kappa shape index (κ3) is 3.64. The molecule has 168 valence electrons. The number of hydrogen-bond acceptors (Lipinski definition) is 4. The van der Waals surface area contributed by atoms with Crippen LogP contribution in [0.4, 0.5) is 0 Å². The van der Waals surface area contributed by atoms with E-state index in [4.69, 9.17) is 9.97 Å². The van der Waals surface area contributed by atoms with Gasteiger partial charge in [0, 0.05) is 18.1 Å². The number of fused-ring (bicyclic) bond motifs is 2. The third-order valence-corrected chi connectivity index (χ3v) is 5.97. The molecule has 0 radical (unpaired) electrons. The largest absolute Gasteiger partial charge is 2.00 e. The standard InChI is InChI=1S/C27H20N6.Pd/c1-27(2,23-11-15-29-26(30-23)33-18-14-20-8-4-6-10-22(20)33)25-28-16-12-24(31-25)32-17-13-19-7-3-5-9-21(19)32;/h3-16H,1-2H3;/q-2;+2. The van der Waals surface area contributed by atoms with Crippen LogP contribution in [-0.4, -0.2) is 29.1 Å². The Bertz CT molecular complexity index is 1490. The van der Waals surface area contributed by atoms with E-state index in [0.29, 0.717) is 11.8 Å². The van der Waals surface area contributed by atoms with E-state index in [1.165, 1.54) is 0 Å². The Morgan fingerprint density at radius 3 is 2.06 bits per heavy atom.